The number of allylic oxidation sites excluding steroid dienone is 1. The number of nitrogens with zero attached hydrogens (tertiary/aromatic N) is 2. The van der Waals surface area contributed by atoms with Crippen LogP contribution in [0.4, 0.5) is 0 Å². The van der Waals surface area contributed by atoms with E-state index in [1.54, 1.807) is 0 Å². The Labute approximate surface area is 99.7 Å². The van der Waals surface area contributed by atoms with Gasteiger partial charge in [0.15, 0.2) is 6.10 Å². The molecule has 0 saturated heterocycles. The van der Waals surface area contributed by atoms with Gasteiger partial charge in [-0.25, -0.2) is 0 Å². The van der Waals surface area contributed by atoms with Gasteiger partial charge in [0.1, 0.15) is 0 Å². The summed E-state index contributed by atoms with van der Waals surface area (Å²) in [6.07, 6.45) is 1.84. The van der Waals surface area contributed by atoms with Gasteiger partial charge in [0.25, 0.3) is 0 Å². The molecule has 0 saturated carbocycles. The van der Waals surface area contributed by atoms with Crippen LogP contribution in [0.5, 0.6) is 0 Å². The number of hydrogen-bond acceptors (Lipinski definition) is 2. The van der Waals surface area contributed by atoms with Gasteiger partial charge >= 0.3 is 5.71 Å². The van der Waals surface area contributed by atoms with Crippen molar-refractivity contribution in [2.24, 2.45) is 0 Å². The summed E-state index contributed by atoms with van der Waals surface area (Å²) >= 11 is 0. The second-order valence-corrected chi connectivity index (χ2v) is 3.81. The largest absolute Gasteiger partial charge is 0.363 e. The molecule has 1 atom stereocenters. The van der Waals surface area contributed by atoms with Crippen molar-refractivity contribution in [1.82, 2.24) is 0 Å². The average molecular weight is 227 g/mol. The van der Waals surface area contributed by atoms with E-state index in [1.807, 2.05) is 36.4 Å². The maximum atomic E-state index is 8.85. The van der Waals surface area contributed by atoms with Crippen LogP contribution in [0.3, 0.4) is 0 Å². The van der Waals surface area contributed by atoms with Gasteiger partial charge in [0.05, 0.1) is 12.1 Å². The lowest BCUT2D eigenvalue weighted by atomic mass is 9.88. The molecule has 1 aliphatic carbocycles. The van der Waals surface area contributed by atoms with Crippen molar-refractivity contribution in [2.45, 2.75) is 12.5 Å². The zero-order chi connectivity index (χ0) is 12.3. The van der Waals surface area contributed by atoms with Crippen molar-refractivity contribution in [3.63, 3.8) is 0 Å². The van der Waals surface area contributed by atoms with Crippen molar-refractivity contribution in [2.75, 3.05) is 7.11 Å². The minimum absolute atomic E-state index is 0.331. The van der Waals surface area contributed by atoms with Crippen LogP contribution in [-0.4, -0.2) is 29.4 Å². The highest BCUT2D eigenvalue weighted by atomic mass is 16.5. The second kappa shape index (κ2) is 4.87. The van der Waals surface area contributed by atoms with E-state index in [2.05, 4.69) is 4.79 Å². The lowest BCUT2D eigenvalue weighted by Crippen LogP contribution is -2.35. The number of methoxy groups -OCH3 is 1. The molecule has 2 rings (SSSR count). The van der Waals surface area contributed by atoms with Crippen LogP contribution in [0.25, 0.3) is 11.1 Å². The topological polar surface area (TPSA) is 69.5 Å². The Hall–Kier alpha value is -2.03. The first kappa shape index (κ1) is 11.5. The maximum absolute atomic E-state index is 8.85. The van der Waals surface area contributed by atoms with E-state index in [1.165, 1.54) is 7.11 Å². The summed E-state index contributed by atoms with van der Waals surface area (Å²) in [6.45, 7) is 0. The molecule has 86 valence electrons. The molecule has 0 amide bonds. The van der Waals surface area contributed by atoms with E-state index >= 15 is 0 Å². The Morgan fingerprint density at radius 3 is 2.65 bits per heavy atom. The molecule has 4 nitrogen and oxygen atoms in total. The summed E-state index contributed by atoms with van der Waals surface area (Å²) < 4.78 is 5.20. The predicted molar refractivity (Wildman–Crippen MR) is 66.2 cm³/mol. The van der Waals surface area contributed by atoms with Gasteiger partial charge in [-0.05, 0) is 5.56 Å². The first-order chi connectivity index (χ1) is 8.27. The highest BCUT2D eigenvalue weighted by Crippen LogP contribution is 2.23. The average Bonchev–Trinajstić information content (AvgIpc) is 2.39. The number of rotatable bonds is 2. The summed E-state index contributed by atoms with van der Waals surface area (Å²) in [6, 6.07) is 9.70. The SMILES string of the molecule is COC1C(=N)C(c2ccccc2)=CCC1=[N+]=[N-]. The summed E-state index contributed by atoms with van der Waals surface area (Å²) in [5, 5.41) is 8.09. The first-order valence-corrected chi connectivity index (χ1v) is 5.36. The van der Waals surface area contributed by atoms with Gasteiger partial charge in [0, 0.05) is 12.7 Å². The Morgan fingerprint density at radius 1 is 1.35 bits per heavy atom. The third-order valence-electron chi connectivity index (χ3n) is 2.82. The van der Waals surface area contributed by atoms with Gasteiger partial charge in [-0.2, -0.15) is 4.79 Å². The van der Waals surface area contributed by atoms with E-state index in [-0.39, 0.29) is 0 Å². The second-order valence-electron chi connectivity index (χ2n) is 3.81. The van der Waals surface area contributed by atoms with Gasteiger partial charge < -0.3 is 15.7 Å². The standard InChI is InChI=1S/C13H13N3O/c1-17-13-11(16-15)8-7-10(12(13)14)9-5-3-2-4-6-9/h2-7,13-14H,8H2,1H3. The lowest BCUT2D eigenvalue weighted by molar-refractivity contribution is -0.0213. The smallest absolute Gasteiger partial charge is 0.307 e. The molecular formula is C13H13N3O. The van der Waals surface area contributed by atoms with Crippen LogP contribution < -0.4 is 0 Å². The first-order valence-electron chi connectivity index (χ1n) is 5.36. The Balaban J connectivity index is 2.42. The van der Waals surface area contributed by atoms with Crippen molar-refractivity contribution < 1.29 is 9.53 Å². The molecule has 0 bridgehead atoms. The van der Waals surface area contributed by atoms with Crippen LogP contribution in [0.1, 0.15) is 12.0 Å². The van der Waals surface area contributed by atoms with Crippen LogP contribution in [0.2, 0.25) is 0 Å². The maximum Gasteiger partial charge on any atom is 0.307 e. The summed E-state index contributed by atoms with van der Waals surface area (Å²) in [4.78, 5) is 3.18. The summed E-state index contributed by atoms with van der Waals surface area (Å²) in [5.41, 5.74) is 11.5. The molecule has 17 heavy (non-hydrogen) atoms. The van der Waals surface area contributed by atoms with Crippen LogP contribution in [0.15, 0.2) is 36.4 Å². The molecule has 1 aromatic carbocycles. The Kier molecular flexibility index (Phi) is 3.28. The van der Waals surface area contributed by atoms with E-state index in [0.29, 0.717) is 17.8 Å². The van der Waals surface area contributed by atoms with E-state index < -0.39 is 6.10 Å². The van der Waals surface area contributed by atoms with Crippen molar-refractivity contribution in [1.29, 1.82) is 5.41 Å². The lowest BCUT2D eigenvalue weighted by Gasteiger charge is -2.19. The number of hydrogen-bond donors (Lipinski definition) is 1. The number of benzene rings is 1. The fourth-order valence-electron chi connectivity index (χ4n) is 1.97. The zero-order valence-electron chi connectivity index (χ0n) is 9.55. The summed E-state index contributed by atoms with van der Waals surface area (Å²) in [5.74, 6) is 0. The molecule has 1 unspecified atom stereocenters. The monoisotopic (exact) mass is 227 g/mol. The zero-order valence-corrected chi connectivity index (χ0v) is 9.55. The van der Waals surface area contributed by atoms with E-state index in [4.69, 9.17) is 15.7 Å². The highest BCUT2D eigenvalue weighted by molar-refractivity contribution is 6.33. The number of nitrogens with one attached hydrogen (secondary N) is 1. The molecule has 1 aliphatic rings. The Morgan fingerprint density at radius 2 is 2.06 bits per heavy atom. The molecule has 0 radical (unpaired) electrons. The van der Waals surface area contributed by atoms with Crippen molar-refractivity contribution in [3.8, 4) is 0 Å². The third-order valence-corrected chi connectivity index (χ3v) is 2.82. The Bertz CT molecular complexity index is 513. The molecule has 0 heterocycles. The van der Waals surface area contributed by atoms with Gasteiger partial charge in [-0.3, -0.25) is 0 Å². The van der Waals surface area contributed by atoms with Gasteiger partial charge in [0.2, 0.25) is 0 Å². The van der Waals surface area contributed by atoms with E-state index in [0.717, 1.165) is 11.1 Å². The predicted octanol–water partition coefficient (Wildman–Crippen LogP) is 2.18. The van der Waals surface area contributed by atoms with E-state index in [9.17, 15) is 0 Å². The van der Waals surface area contributed by atoms with Crippen LogP contribution in [0, 0.1) is 5.41 Å². The minimum atomic E-state index is -0.555. The number of ether oxygens (including phenoxy) is 1. The fraction of sp³-hybridized carbons (Fsp3) is 0.231. The molecule has 1 N–H and O–H groups in total. The quantitative estimate of drug-likeness (QED) is 0.610. The van der Waals surface area contributed by atoms with Crippen LogP contribution in [-0.2, 0) is 4.74 Å². The molecule has 0 aromatic heterocycles. The molecule has 0 spiro atoms. The minimum Gasteiger partial charge on any atom is -0.363 e. The van der Waals surface area contributed by atoms with Gasteiger partial charge in [-0.1, -0.05) is 36.4 Å². The van der Waals surface area contributed by atoms with Crippen LogP contribution >= 0.6 is 0 Å². The fourth-order valence-corrected chi connectivity index (χ4v) is 1.97. The molecule has 0 aliphatic heterocycles. The van der Waals surface area contributed by atoms with Crippen molar-refractivity contribution in [3.05, 3.63) is 47.5 Å². The third kappa shape index (κ3) is 2.09. The molecule has 1 aromatic rings. The normalized spacial score (nSPS) is 19.8. The highest BCUT2D eigenvalue weighted by Gasteiger charge is 2.33. The molecule has 0 fully saturated rings. The molecular weight excluding hydrogens is 214 g/mol. The molecule has 4 heteroatoms. The van der Waals surface area contributed by atoms with Gasteiger partial charge in [-0.15, -0.1) is 0 Å². The summed E-state index contributed by atoms with van der Waals surface area (Å²) in [7, 11) is 1.51. The van der Waals surface area contributed by atoms with Crippen molar-refractivity contribution >= 4 is 17.0 Å².